The van der Waals surface area contributed by atoms with Gasteiger partial charge in [0.25, 0.3) is 5.91 Å². The van der Waals surface area contributed by atoms with E-state index in [9.17, 15) is 9.90 Å². The summed E-state index contributed by atoms with van der Waals surface area (Å²) in [4.78, 5) is 27.7. The first-order chi connectivity index (χ1) is 15.6. The van der Waals surface area contributed by atoms with Gasteiger partial charge in [-0.3, -0.25) is 9.69 Å². The number of likely N-dealkylation sites (tertiary alicyclic amines) is 1. The fraction of sp³-hybridized carbons (Fsp3) is 0.400. The second kappa shape index (κ2) is 9.79. The van der Waals surface area contributed by atoms with E-state index < -0.39 is 0 Å². The van der Waals surface area contributed by atoms with E-state index in [0.717, 1.165) is 43.9 Å². The molecule has 1 aliphatic heterocycles. The van der Waals surface area contributed by atoms with Crippen LogP contribution in [-0.2, 0) is 12.0 Å². The second-order valence-corrected chi connectivity index (χ2v) is 9.29. The molecule has 0 saturated carbocycles. The minimum absolute atomic E-state index is 0.0428. The molecule has 0 bridgehead atoms. The monoisotopic (exact) mass is 450 g/mol. The van der Waals surface area contributed by atoms with Crippen LogP contribution in [0.15, 0.2) is 54.2 Å². The number of phenolic OH excluding ortho intramolecular Hbond substituents is 1. The average Bonchev–Trinajstić information content (AvgIpc) is 3.34. The lowest BCUT2D eigenvalue weighted by Gasteiger charge is -2.41. The van der Waals surface area contributed by atoms with Crippen molar-refractivity contribution >= 4 is 17.2 Å². The number of rotatable bonds is 7. The van der Waals surface area contributed by atoms with Crippen molar-refractivity contribution in [3.05, 3.63) is 76.0 Å². The molecule has 1 aromatic carbocycles. The lowest BCUT2D eigenvalue weighted by molar-refractivity contribution is 0.0772. The first-order valence-corrected chi connectivity index (χ1v) is 12.1. The highest BCUT2D eigenvalue weighted by Crippen LogP contribution is 2.41. The summed E-state index contributed by atoms with van der Waals surface area (Å²) < 4.78 is 0. The van der Waals surface area contributed by atoms with Crippen LogP contribution in [0, 0.1) is 0 Å². The number of aromatic nitrogens is 2. The van der Waals surface area contributed by atoms with Gasteiger partial charge in [0, 0.05) is 36.9 Å². The molecule has 2 aromatic heterocycles. The van der Waals surface area contributed by atoms with E-state index in [4.69, 9.17) is 9.97 Å². The maximum Gasteiger partial charge on any atom is 0.256 e. The van der Waals surface area contributed by atoms with E-state index >= 15 is 0 Å². The summed E-state index contributed by atoms with van der Waals surface area (Å²) in [7, 11) is 0. The second-order valence-electron chi connectivity index (χ2n) is 8.26. The maximum absolute atomic E-state index is 12.7. The van der Waals surface area contributed by atoms with Gasteiger partial charge in [-0.1, -0.05) is 18.2 Å². The van der Waals surface area contributed by atoms with E-state index in [1.54, 1.807) is 34.7 Å². The third kappa shape index (κ3) is 4.54. The molecule has 1 amide bonds. The van der Waals surface area contributed by atoms with Crippen LogP contribution in [0.5, 0.6) is 5.75 Å². The molecule has 6 nitrogen and oxygen atoms in total. The van der Waals surface area contributed by atoms with Gasteiger partial charge in [-0.15, -0.1) is 11.3 Å². The summed E-state index contributed by atoms with van der Waals surface area (Å²) in [6, 6.07) is 11.7. The zero-order valence-corrected chi connectivity index (χ0v) is 19.5. The molecule has 7 heteroatoms. The fourth-order valence-corrected chi connectivity index (χ4v) is 5.29. The molecule has 3 heterocycles. The summed E-state index contributed by atoms with van der Waals surface area (Å²) >= 11 is 1.79. The molecule has 1 N–H and O–H groups in total. The van der Waals surface area contributed by atoms with Crippen LogP contribution in [-0.4, -0.2) is 57.0 Å². The molecule has 4 rings (SSSR count). The number of aromatic hydroxyl groups is 1. The summed E-state index contributed by atoms with van der Waals surface area (Å²) in [6.45, 7) is 8.03. The van der Waals surface area contributed by atoms with Gasteiger partial charge in [0.15, 0.2) is 0 Å². The molecule has 0 unspecified atom stereocenters. The fourth-order valence-electron chi connectivity index (χ4n) is 4.54. The van der Waals surface area contributed by atoms with Crippen molar-refractivity contribution in [3.8, 4) is 5.75 Å². The van der Waals surface area contributed by atoms with E-state index in [-0.39, 0.29) is 17.1 Å². The molecule has 0 spiro atoms. The van der Waals surface area contributed by atoms with Crippen LogP contribution in [0.3, 0.4) is 0 Å². The Morgan fingerprint density at radius 3 is 2.44 bits per heavy atom. The summed E-state index contributed by atoms with van der Waals surface area (Å²) in [5.74, 6) is 0.921. The molecule has 0 radical (unpaired) electrons. The first kappa shape index (κ1) is 22.4. The highest BCUT2D eigenvalue weighted by molar-refractivity contribution is 7.09. The highest BCUT2D eigenvalue weighted by atomic mass is 32.1. The number of thiophene rings is 1. The summed E-state index contributed by atoms with van der Waals surface area (Å²) in [5.41, 5.74) is 1.15. The van der Waals surface area contributed by atoms with E-state index in [1.165, 1.54) is 4.88 Å². The zero-order chi connectivity index (χ0) is 22.6. The van der Waals surface area contributed by atoms with Crippen LogP contribution in [0.25, 0.3) is 0 Å². The van der Waals surface area contributed by atoms with Crippen molar-refractivity contribution in [2.24, 2.45) is 0 Å². The van der Waals surface area contributed by atoms with Crippen molar-refractivity contribution in [2.75, 3.05) is 26.2 Å². The number of carbonyl (C=O) groups is 1. The Morgan fingerprint density at radius 1 is 1.12 bits per heavy atom. The first-order valence-electron chi connectivity index (χ1n) is 11.2. The van der Waals surface area contributed by atoms with Crippen molar-refractivity contribution < 1.29 is 9.90 Å². The van der Waals surface area contributed by atoms with Gasteiger partial charge in [0.05, 0.1) is 11.0 Å². The largest absolute Gasteiger partial charge is 0.508 e. The number of piperidine rings is 1. The van der Waals surface area contributed by atoms with Gasteiger partial charge in [0.2, 0.25) is 0 Å². The van der Waals surface area contributed by atoms with Crippen LogP contribution in [0.4, 0.5) is 0 Å². The Bertz CT molecular complexity index is 1020. The molecule has 1 saturated heterocycles. The van der Waals surface area contributed by atoms with Crippen molar-refractivity contribution in [3.63, 3.8) is 0 Å². The maximum atomic E-state index is 12.7. The minimum Gasteiger partial charge on any atom is -0.508 e. The Morgan fingerprint density at radius 2 is 1.84 bits per heavy atom. The van der Waals surface area contributed by atoms with E-state index in [1.807, 2.05) is 32.0 Å². The summed E-state index contributed by atoms with van der Waals surface area (Å²) in [6.07, 6.45) is 5.02. The van der Waals surface area contributed by atoms with E-state index in [0.29, 0.717) is 18.7 Å². The van der Waals surface area contributed by atoms with Crippen LogP contribution < -0.4 is 0 Å². The average molecular weight is 451 g/mol. The third-order valence-electron chi connectivity index (χ3n) is 6.45. The van der Waals surface area contributed by atoms with Gasteiger partial charge in [0.1, 0.15) is 11.6 Å². The van der Waals surface area contributed by atoms with Crippen LogP contribution in [0.2, 0.25) is 0 Å². The van der Waals surface area contributed by atoms with Crippen LogP contribution in [0.1, 0.15) is 53.3 Å². The van der Waals surface area contributed by atoms with Crippen molar-refractivity contribution in [1.29, 1.82) is 0 Å². The van der Waals surface area contributed by atoms with Gasteiger partial charge in [-0.05, 0) is 68.9 Å². The normalized spacial score (nSPS) is 16.1. The Hall–Kier alpha value is -2.77. The number of nitrogens with zero attached hydrogens (tertiary/aromatic N) is 4. The number of benzene rings is 1. The highest BCUT2D eigenvalue weighted by Gasteiger charge is 2.40. The number of amides is 1. The Balaban J connectivity index is 1.62. The Kier molecular flexibility index (Phi) is 6.86. The number of hydrogen-bond acceptors (Lipinski definition) is 6. The molecular formula is C25H30N4O2S. The van der Waals surface area contributed by atoms with Gasteiger partial charge < -0.3 is 10.0 Å². The predicted octanol–water partition coefficient (Wildman–Crippen LogP) is 4.31. The molecule has 1 fully saturated rings. The van der Waals surface area contributed by atoms with Crippen molar-refractivity contribution in [1.82, 2.24) is 19.8 Å². The molecule has 0 aliphatic carbocycles. The number of hydrogen-bond donors (Lipinski definition) is 1. The van der Waals surface area contributed by atoms with Crippen LogP contribution >= 0.6 is 11.3 Å². The smallest absolute Gasteiger partial charge is 0.256 e. The van der Waals surface area contributed by atoms with Gasteiger partial charge >= 0.3 is 0 Å². The standard InChI is InChI=1S/C25H30N4O2S/c1-3-29(4-2)23(31)19-16-26-24(27-17-19)25(20-7-5-8-21(30)15-20)10-12-28(13-11-25)18-22-9-6-14-32-22/h5-9,14-17,30H,3-4,10-13,18H2,1-2H3. The quantitative estimate of drug-likeness (QED) is 0.581. The minimum atomic E-state index is -0.387. The molecule has 168 valence electrons. The molecule has 0 atom stereocenters. The lowest BCUT2D eigenvalue weighted by atomic mass is 9.72. The van der Waals surface area contributed by atoms with Gasteiger partial charge in [-0.25, -0.2) is 9.97 Å². The predicted molar refractivity (Wildman–Crippen MR) is 127 cm³/mol. The molecule has 1 aliphatic rings. The lowest BCUT2D eigenvalue weighted by Crippen LogP contribution is -2.44. The molecule has 3 aromatic rings. The van der Waals surface area contributed by atoms with Gasteiger partial charge in [-0.2, -0.15) is 0 Å². The molecular weight excluding hydrogens is 420 g/mol. The number of phenols is 1. The SMILES string of the molecule is CCN(CC)C(=O)c1cnc(C2(c3cccc(O)c3)CCN(Cc3cccs3)CC2)nc1. The van der Waals surface area contributed by atoms with E-state index in [2.05, 4.69) is 22.4 Å². The topological polar surface area (TPSA) is 69.6 Å². The summed E-state index contributed by atoms with van der Waals surface area (Å²) in [5, 5.41) is 12.3. The number of carbonyl (C=O) groups excluding carboxylic acids is 1. The Labute approximate surface area is 193 Å². The molecule has 32 heavy (non-hydrogen) atoms. The van der Waals surface area contributed by atoms with Crippen molar-refractivity contribution in [2.45, 2.75) is 38.6 Å². The third-order valence-corrected chi connectivity index (χ3v) is 7.31. The zero-order valence-electron chi connectivity index (χ0n) is 18.7.